The van der Waals surface area contributed by atoms with Crippen LogP contribution in [0.2, 0.25) is 0 Å². The number of carbonyl (C=O) groups is 1. The molecule has 1 aromatic carbocycles. The molecule has 1 aliphatic rings. The number of carbonyl (C=O) groups excluding carboxylic acids is 1. The summed E-state index contributed by atoms with van der Waals surface area (Å²) in [5.41, 5.74) is 0.505. The zero-order valence-electron chi connectivity index (χ0n) is 9.82. The Morgan fingerprint density at radius 3 is 2.65 bits per heavy atom. The minimum Gasteiger partial charge on any atom is -0.339 e. The molecule has 0 spiro atoms. The molecule has 1 aromatic rings. The van der Waals surface area contributed by atoms with E-state index in [0.717, 1.165) is 12.8 Å². The van der Waals surface area contributed by atoms with Crippen LogP contribution in [-0.4, -0.2) is 23.9 Å². The molecule has 2 nitrogen and oxygen atoms in total. The number of nitrogens with zero attached hydrogens (tertiary/aromatic N) is 1. The molecule has 1 amide bonds. The van der Waals surface area contributed by atoms with Gasteiger partial charge in [-0.15, -0.1) is 12.6 Å². The van der Waals surface area contributed by atoms with E-state index in [9.17, 15) is 9.18 Å². The summed E-state index contributed by atoms with van der Waals surface area (Å²) in [5.74, 6) is -0.444. The van der Waals surface area contributed by atoms with Gasteiger partial charge in [0.25, 0.3) is 5.91 Å². The van der Waals surface area contributed by atoms with Crippen LogP contribution < -0.4 is 0 Å². The Morgan fingerprint density at radius 2 is 2.06 bits per heavy atom. The van der Waals surface area contributed by atoms with Crippen LogP contribution in [0.25, 0.3) is 0 Å². The highest BCUT2D eigenvalue weighted by Crippen LogP contribution is 2.24. The molecule has 92 valence electrons. The highest BCUT2D eigenvalue weighted by atomic mass is 32.1. The Kier molecular flexibility index (Phi) is 3.72. The van der Waals surface area contributed by atoms with Crippen molar-refractivity contribution < 1.29 is 9.18 Å². The maximum absolute atomic E-state index is 13.1. The molecular formula is C13H16FNOS. The second-order valence-electron chi connectivity index (χ2n) is 4.52. The van der Waals surface area contributed by atoms with Gasteiger partial charge < -0.3 is 4.90 Å². The van der Waals surface area contributed by atoms with Gasteiger partial charge in [0.05, 0.1) is 0 Å². The smallest absolute Gasteiger partial charge is 0.253 e. The number of hydrogen-bond acceptors (Lipinski definition) is 2. The van der Waals surface area contributed by atoms with Crippen molar-refractivity contribution in [1.29, 1.82) is 0 Å². The van der Waals surface area contributed by atoms with E-state index in [4.69, 9.17) is 0 Å². The Bertz CT molecular complexity index is 429. The molecule has 0 atom stereocenters. The molecule has 0 aromatic heterocycles. The summed E-state index contributed by atoms with van der Waals surface area (Å²) >= 11 is 3.99. The summed E-state index contributed by atoms with van der Waals surface area (Å²) in [6, 6.07) is 4.63. The van der Waals surface area contributed by atoms with Crippen molar-refractivity contribution in [2.24, 2.45) is 0 Å². The summed E-state index contributed by atoms with van der Waals surface area (Å²) < 4.78 is 13.1. The molecule has 0 radical (unpaired) electrons. The Labute approximate surface area is 106 Å². The average molecular weight is 253 g/mol. The molecule has 0 unspecified atom stereocenters. The third-order valence-electron chi connectivity index (χ3n) is 3.39. The van der Waals surface area contributed by atoms with Crippen LogP contribution in [0.3, 0.4) is 0 Å². The van der Waals surface area contributed by atoms with Crippen molar-refractivity contribution >= 4 is 18.5 Å². The predicted octanol–water partition coefficient (Wildman–Crippen LogP) is 3.13. The molecule has 2 rings (SSSR count). The number of rotatable bonds is 2. The number of benzene rings is 1. The van der Waals surface area contributed by atoms with E-state index in [2.05, 4.69) is 12.6 Å². The maximum atomic E-state index is 13.1. The van der Waals surface area contributed by atoms with Gasteiger partial charge in [-0.25, -0.2) is 4.39 Å². The predicted molar refractivity (Wildman–Crippen MR) is 68.0 cm³/mol. The first-order valence-corrected chi connectivity index (χ1v) is 6.30. The largest absolute Gasteiger partial charge is 0.339 e. The van der Waals surface area contributed by atoms with E-state index in [1.807, 2.05) is 7.05 Å². The van der Waals surface area contributed by atoms with E-state index in [1.165, 1.54) is 31.0 Å². The van der Waals surface area contributed by atoms with Crippen LogP contribution in [-0.2, 0) is 0 Å². The average Bonchev–Trinajstić information content (AvgIpc) is 2.84. The van der Waals surface area contributed by atoms with Crippen molar-refractivity contribution in [3.05, 3.63) is 29.6 Å². The molecule has 4 heteroatoms. The molecular weight excluding hydrogens is 237 g/mol. The normalized spacial score (nSPS) is 16.2. The monoisotopic (exact) mass is 253 g/mol. The van der Waals surface area contributed by atoms with Crippen molar-refractivity contribution in [3.8, 4) is 0 Å². The SMILES string of the molecule is CN(C(=O)c1ccc(F)c(S)c1)C1CCCC1. The molecule has 0 bridgehead atoms. The van der Waals surface area contributed by atoms with Crippen molar-refractivity contribution in [2.75, 3.05) is 7.05 Å². The van der Waals surface area contributed by atoms with E-state index in [0.29, 0.717) is 11.6 Å². The van der Waals surface area contributed by atoms with Gasteiger partial charge in [-0.1, -0.05) is 12.8 Å². The lowest BCUT2D eigenvalue weighted by molar-refractivity contribution is 0.0735. The second kappa shape index (κ2) is 5.08. The molecule has 1 aliphatic carbocycles. The Balaban J connectivity index is 2.15. The lowest BCUT2D eigenvalue weighted by Crippen LogP contribution is -2.35. The third-order valence-corrected chi connectivity index (χ3v) is 3.73. The van der Waals surface area contributed by atoms with Gasteiger partial charge in [0.15, 0.2) is 0 Å². The molecule has 1 fully saturated rings. The van der Waals surface area contributed by atoms with Crippen molar-refractivity contribution in [3.63, 3.8) is 0 Å². The number of halogens is 1. The minimum absolute atomic E-state index is 0.0489. The quantitative estimate of drug-likeness (QED) is 0.803. The molecule has 17 heavy (non-hydrogen) atoms. The summed E-state index contributed by atoms with van der Waals surface area (Å²) in [6.45, 7) is 0. The summed E-state index contributed by atoms with van der Waals surface area (Å²) in [4.78, 5) is 14.2. The van der Waals surface area contributed by atoms with Gasteiger partial charge in [-0.3, -0.25) is 4.79 Å². The van der Waals surface area contributed by atoms with Gasteiger partial charge in [0, 0.05) is 23.5 Å². The van der Waals surface area contributed by atoms with Gasteiger partial charge >= 0.3 is 0 Å². The van der Waals surface area contributed by atoms with Gasteiger partial charge in [0.2, 0.25) is 0 Å². The van der Waals surface area contributed by atoms with Gasteiger partial charge in [-0.05, 0) is 31.0 Å². The summed E-state index contributed by atoms with van der Waals surface area (Å²) in [6.07, 6.45) is 4.50. The first-order chi connectivity index (χ1) is 8.09. The van der Waals surface area contributed by atoms with Crippen LogP contribution in [0, 0.1) is 5.82 Å². The molecule has 0 aliphatic heterocycles. The first-order valence-electron chi connectivity index (χ1n) is 5.85. The molecule has 1 saturated carbocycles. The van der Waals surface area contributed by atoms with Gasteiger partial charge in [0.1, 0.15) is 5.82 Å². The maximum Gasteiger partial charge on any atom is 0.253 e. The fourth-order valence-electron chi connectivity index (χ4n) is 2.31. The molecule has 0 heterocycles. The fourth-order valence-corrected chi connectivity index (χ4v) is 2.52. The number of amides is 1. The standard InChI is InChI=1S/C13H16FNOS/c1-15(10-4-2-3-5-10)13(16)9-6-7-11(14)12(17)8-9/h6-8,10,17H,2-5H2,1H3. The van der Waals surface area contributed by atoms with Crippen LogP contribution in [0.5, 0.6) is 0 Å². The van der Waals surface area contributed by atoms with E-state index in [1.54, 1.807) is 4.90 Å². The Morgan fingerprint density at radius 1 is 1.41 bits per heavy atom. The third kappa shape index (κ3) is 2.63. The van der Waals surface area contributed by atoms with Crippen LogP contribution in [0.1, 0.15) is 36.0 Å². The summed E-state index contributed by atoms with van der Waals surface area (Å²) in [7, 11) is 1.82. The van der Waals surface area contributed by atoms with Crippen molar-refractivity contribution in [2.45, 2.75) is 36.6 Å². The topological polar surface area (TPSA) is 20.3 Å². The first kappa shape index (κ1) is 12.4. The van der Waals surface area contributed by atoms with E-state index >= 15 is 0 Å². The molecule has 0 N–H and O–H groups in total. The summed E-state index contributed by atoms with van der Waals surface area (Å²) in [5, 5.41) is 0. The van der Waals surface area contributed by atoms with Crippen LogP contribution in [0.15, 0.2) is 23.1 Å². The number of thiol groups is 1. The lowest BCUT2D eigenvalue weighted by atomic mass is 10.1. The zero-order chi connectivity index (χ0) is 12.4. The Hall–Kier alpha value is -1.03. The number of hydrogen-bond donors (Lipinski definition) is 1. The van der Waals surface area contributed by atoms with Crippen LogP contribution in [0.4, 0.5) is 4.39 Å². The van der Waals surface area contributed by atoms with E-state index < -0.39 is 5.82 Å². The zero-order valence-corrected chi connectivity index (χ0v) is 10.7. The van der Waals surface area contributed by atoms with Crippen LogP contribution >= 0.6 is 12.6 Å². The minimum atomic E-state index is -0.395. The highest BCUT2D eigenvalue weighted by molar-refractivity contribution is 7.80. The van der Waals surface area contributed by atoms with E-state index in [-0.39, 0.29) is 10.8 Å². The fraction of sp³-hybridized carbons (Fsp3) is 0.462. The highest BCUT2D eigenvalue weighted by Gasteiger charge is 2.24. The lowest BCUT2D eigenvalue weighted by Gasteiger charge is -2.24. The second-order valence-corrected chi connectivity index (χ2v) is 5.00. The molecule has 0 saturated heterocycles. The van der Waals surface area contributed by atoms with Gasteiger partial charge in [-0.2, -0.15) is 0 Å². The van der Waals surface area contributed by atoms with Crippen molar-refractivity contribution in [1.82, 2.24) is 4.90 Å².